The Morgan fingerprint density at radius 3 is 1.17 bits per heavy atom. The summed E-state index contributed by atoms with van der Waals surface area (Å²) < 4.78 is 31.6. The van der Waals surface area contributed by atoms with Crippen molar-refractivity contribution >= 4 is 10.4 Å². The minimum Gasteiger partial charge on any atom is -0.264 e. The summed E-state index contributed by atoms with van der Waals surface area (Å²) in [5.74, 6) is 0. The normalized spacial score (nSPS) is 9.25. The van der Waals surface area contributed by atoms with Crippen LogP contribution in [0.1, 0.15) is 45.2 Å². The van der Waals surface area contributed by atoms with E-state index in [2.05, 4.69) is 60.7 Å². The Hall–Kier alpha value is -1.69. The zero-order valence-corrected chi connectivity index (χ0v) is 15.8. The molecule has 0 aromatic heterocycles. The minimum atomic E-state index is -4.67. The first-order valence-corrected chi connectivity index (χ1v) is 9.62. The highest BCUT2D eigenvalue weighted by molar-refractivity contribution is 7.79. The molecule has 0 saturated carbocycles. The lowest BCUT2D eigenvalue weighted by molar-refractivity contribution is 0.381. The van der Waals surface area contributed by atoms with E-state index in [1.807, 2.05) is 27.7 Å². The lowest BCUT2D eigenvalue weighted by Crippen LogP contribution is -1.89. The predicted molar refractivity (Wildman–Crippen MR) is 102 cm³/mol. The average Bonchev–Trinajstić information content (AvgIpc) is 2.59. The molecule has 0 aliphatic heterocycles. The van der Waals surface area contributed by atoms with Gasteiger partial charge in [0.05, 0.1) is 0 Å². The monoisotopic (exact) mass is 354 g/mol. The van der Waals surface area contributed by atoms with Crippen molar-refractivity contribution in [2.75, 3.05) is 0 Å². The van der Waals surface area contributed by atoms with E-state index in [1.165, 1.54) is 30.4 Å². The Balaban J connectivity index is 0. The van der Waals surface area contributed by atoms with Gasteiger partial charge in [-0.1, -0.05) is 88.4 Å². The molecule has 0 heterocycles. The van der Waals surface area contributed by atoms with Crippen molar-refractivity contribution < 1.29 is 17.5 Å². The molecule has 0 bridgehead atoms. The van der Waals surface area contributed by atoms with Gasteiger partial charge in [-0.25, -0.2) is 0 Å². The van der Waals surface area contributed by atoms with E-state index >= 15 is 0 Å². The molecule has 2 N–H and O–H groups in total. The topological polar surface area (TPSA) is 74.6 Å². The summed E-state index contributed by atoms with van der Waals surface area (Å²) in [4.78, 5) is 0. The zero-order valence-electron chi connectivity index (χ0n) is 15.0. The van der Waals surface area contributed by atoms with Crippen LogP contribution in [0, 0.1) is 0 Å². The van der Waals surface area contributed by atoms with Crippen LogP contribution < -0.4 is 0 Å². The van der Waals surface area contributed by atoms with Gasteiger partial charge in [0.1, 0.15) is 0 Å². The van der Waals surface area contributed by atoms with Gasteiger partial charge in [0, 0.05) is 0 Å². The second-order valence-corrected chi connectivity index (χ2v) is 5.17. The molecule has 136 valence electrons. The van der Waals surface area contributed by atoms with Crippen molar-refractivity contribution in [2.45, 2.75) is 47.0 Å². The first-order valence-electron chi connectivity index (χ1n) is 8.23. The van der Waals surface area contributed by atoms with Crippen molar-refractivity contribution in [3.05, 3.63) is 71.8 Å². The smallest absolute Gasteiger partial charge is 0.264 e. The summed E-state index contributed by atoms with van der Waals surface area (Å²) in [6, 6.07) is 21.4. The molecule has 0 atom stereocenters. The van der Waals surface area contributed by atoms with Gasteiger partial charge in [0.15, 0.2) is 0 Å². The molecule has 0 radical (unpaired) electrons. The van der Waals surface area contributed by atoms with Gasteiger partial charge in [-0.3, -0.25) is 9.11 Å². The van der Waals surface area contributed by atoms with Crippen molar-refractivity contribution in [1.82, 2.24) is 0 Å². The average molecular weight is 355 g/mol. The Bertz CT molecular complexity index is 534. The first-order chi connectivity index (χ1) is 11.4. The summed E-state index contributed by atoms with van der Waals surface area (Å²) in [5, 5.41) is 0. The Kier molecular flexibility index (Phi) is 16.6. The van der Waals surface area contributed by atoms with Crippen molar-refractivity contribution in [3.8, 4) is 0 Å². The maximum atomic E-state index is 8.74. The molecule has 4 nitrogen and oxygen atoms in total. The largest absolute Gasteiger partial charge is 0.394 e. The summed E-state index contributed by atoms with van der Waals surface area (Å²) in [5.41, 5.74) is 2.88. The fraction of sp³-hybridized carbons (Fsp3) is 0.368. The molecule has 0 saturated heterocycles. The van der Waals surface area contributed by atoms with Gasteiger partial charge < -0.3 is 0 Å². The minimum absolute atomic E-state index is 1.18. The number of benzene rings is 2. The van der Waals surface area contributed by atoms with E-state index in [0.717, 1.165) is 0 Å². The van der Waals surface area contributed by atoms with E-state index in [0.29, 0.717) is 0 Å². The predicted octanol–water partition coefficient (Wildman–Crippen LogP) is 5.26. The molecule has 0 aliphatic carbocycles. The third-order valence-corrected chi connectivity index (χ3v) is 2.62. The number of rotatable bonds is 4. The number of hydrogen-bond acceptors (Lipinski definition) is 2. The molecule has 0 unspecified atom stereocenters. The van der Waals surface area contributed by atoms with Gasteiger partial charge in [-0.15, -0.1) is 0 Å². The maximum absolute atomic E-state index is 8.74. The molecular formula is C19H30O4S. The molecule has 2 aromatic carbocycles. The van der Waals surface area contributed by atoms with Crippen LogP contribution in [-0.2, 0) is 23.2 Å². The molecule has 0 aliphatic rings. The summed E-state index contributed by atoms with van der Waals surface area (Å²) in [6.07, 6.45) is 3.58. The molecule has 2 rings (SSSR count). The lowest BCUT2D eigenvalue weighted by Gasteiger charge is -2.01. The highest BCUT2D eigenvalue weighted by Crippen LogP contribution is 2.07. The maximum Gasteiger partial charge on any atom is 0.394 e. The fourth-order valence-corrected chi connectivity index (χ4v) is 1.79. The fourth-order valence-electron chi connectivity index (χ4n) is 1.79. The standard InChI is InChI=1S/C15H16.2C2H6.H2O4S/c1-3-8-14(9-4-1)12-7-13-15-10-5-2-6-11-15;2*1-2;1-5(2,3)4/h1-6,8-11H,7,12-13H2;2*1-2H3;(H2,1,2,3,4). The van der Waals surface area contributed by atoms with Crippen LogP contribution in [0.3, 0.4) is 0 Å². The van der Waals surface area contributed by atoms with Crippen LogP contribution in [0.5, 0.6) is 0 Å². The lowest BCUT2D eigenvalue weighted by atomic mass is 10.0. The van der Waals surface area contributed by atoms with Crippen molar-refractivity contribution in [1.29, 1.82) is 0 Å². The molecule has 0 fully saturated rings. The molecule has 2 aromatic rings. The van der Waals surface area contributed by atoms with Gasteiger partial charge in [-0.05, 0) is 30.4 Å². The molecule has 5 heteroatoms. The molecule has 0 spiro atoms. The van der Waals surface area contributed by atoms with Gasteiger partial charge in [0.2, 0.25) is 0 Å². The van der Waals surface area contributed by atoms with Gasteiger partial charge in [0.25, 0.3) is 0 Å². The highest BCUT2D eigenvalue weighted by atomic mass is 32.3. The summed E-state index contributed by atoms with van der Waals surface area (Å²) in [6.45, 7) is 8.00. The SMILES string of the molecule is CC.CC.O=S(=O)(O)O.c1ccc(CCCc2ccccc2)cc1. The van der Waals surface area contributed by atoms with Gasteiger partial charge in [-0.2, -0.15) is 8.42 Å². The van der Waals surface area contributed by atoms with Crippen LogP contribution in [0.25, 0.3) is 0 Å². The van der Waals surface area contributed by atoms with E-state index in [1.54, 1.807) is 0 Å². The zero-order chi connectivity index (χ0) is 18.8. The number of hydrogen-bond donors (Lipinski definition) is 2. The molecule has 0 amide bonds. The van der Waals surface area contributed by atoms with Crippen LogP contribution in [0.15, 0.2) is 60.7 Å². The van der Waals surface area contributed by atoms with Crippen LogP contribution >= 0.6 is 0 Å². The highest BCUT2D eigenvalue weighted by Gasteiger charge is 1.93. The Morgan fingerprint density at radius 1 is 0.667 bits per heavy atom. The second kappa shape index (κ2) is 16.2. The Labute approximate surface area is 147 Å². The third-order valence-electron chi connectivity index (χ3n) is 2.62. The van der Waals surface area contributed by atoms with Crippen molar-refractivity contribution in [3.63, 3.8) is 0 Å². The Morgan fingerprint density at radius 2 is 0.917 bits per heavy atom. The quantitative estimate of drug-likeness (QED) is 0.734. The summed E-state index contributed by atoms with van der Waals surface area (Å²) >= 11 is 0. The third kappa shape index (κ3) is 18.4. The van der Waals surface area contributed by atoms with Crippen LogP contribution in [0.4, 0.5) is 0 Å². The van der Waals surface area contributed by atoms with Crippen LogP contribution in [-0.4, -0.2) is 17.5 Å². The van der Waals surface area contributed by atoms with E-state index < -0.39 is 10.4 Å². The van der Waals surface area contributed by atoms with E-state index in [4.69, 9.17) is 17.5 Å². The van der Waals surface area contributed by atoms with Gasteiger partial charge >= 0.3 is 10.4 Å². The van der Waals surface area contributed by atoms with Crippen molar-refractivity contribution in [2.24, 2.45) is 0 Å². The summed E-state index contributed by atoms with van der Waals surface area (Å²) in [7, 11) is -4.67. The van der Waals surface area contributed by atoms with E-state index in [9.17, 15) is 0 Å². The molecule has 24 heavy (non-hydrogen) atoms. The first kappa shape index (κ1) is 24.6. The molecular weight excluding hydrogens is 324 g/mol. The van der Waals surface area contributed by atoms with Crippen LogP contribution in [0.2, 0.25) is 0 Å². The van der Waals surface area contributed by atoms with E-state index in [-0.39, 0.29) is 0 Å². The number of aryl methyl sites for hydroxylation is 2. The second-order valence-electron chi connectivity index (χ2n) is 4.27.